The second-order valence-electron chi connectivity index (χ2n) is 3.69. The summed E-state index contributed by atoms with van der Waals surface area (Å²) in [5.41, 5.74) is 0.863. The lowest BCUT2D eigenvalue weighted by atomic mass is 10.2. The van der Waals surface area contributed by atoms with Crippen LogP contribution >= 0.6 is 0 Å². The quantitative estimate of drug-likeness (QED) is 0.827. The predicted molar refractivity (Wildman–Crippen MR) is 66.9 cm³/mol. The van der Waals surface area contributed by atoms with E-state index in [0.29, 0.717) is 11.3 Å². The van der Waals surface area contributed by atoms with Gasteiger partial charge in [-0.1, -0.05) is 18.2 Å². The normalized spacial score (nSPS) is 17.2. The molecule has 0 saturated carbocycles. The summed E-state index contributed by atoms with van der Waals surface area (Å²) in [6.45, 7) is 1.54. The molecule has 0 bridgehead atoms. The molecule has 0 saturated heterocycles. The fraction of sp³-hybridized carbons (Fsp3) is 0.0833. The highest BCUT2D eigenvalue weighted by molar-refractivity contribution is 7.91. The molecule has 0 fully saturated rings. The smallest absolute Gasteiger partial charge is 0.344 e. The number of amides is 1. The zero-order valence-corrected chi connectivity index (χ0v) is 10.4. The Bertz CT molecular complexity index is 629. The number of para-hydroxylation sites is 1. The zero-order chi connectivity index (χ0) is 13.2. The van der Waals surface area contributed by atoms with Gasteiger partial charge in [-0.15, -0.1) is 0 Å². The third-order valence-corrected chi connectivity index (χ3v) is 3.72. The highest BCUT2D eigenvalue weighted by Gasteiger charge is 2.30. The van der Waals surface area contributed by atoms with Crippen molar-refractivity contribution in [1.82, 2.24) is 0 Å². The van der Waals surface area contributed by atoms with Gasteiger partial charge in [0, 0.05) is 5.69 Å². The minimum atomic E-state index is -4.01. The Morgan fingerprint density at radius 2 is 1.89 bits per heavy atom. The number of hydrogen-bond acceptors (Lipinski definition) is 4. The summed E-state index contributed by atoms with van der Waals surface area (Å²) in [6.07, 6.45) is 2.48. The monoisotopic (exact) mass is 265 g/mol. The summed E-state index contributed by atoms with van der Waals surface area (Å²) < 4.78 is 27.7. The summed E-state index contributed by atoms with van der Waals surface area (Å²) in [5, 5.41) is 2.51. The van der Waals surface area contributed by atoms with Gasteiger partial charge in [-0.3, -0.25) is 4.79 Å². The number of carbonyl (C=O) groups is 1. The molecule has 18 heavy (non-hydrogen) atoms. The van der Waals surface area contributed by atoms with E-state index >= 15 is 0 Å². The maximum absolute atomic E-state index is 11.9. The summed E-state index contributed by atoms with van der Waals surface area (Å²) in [5.74, 6) is -0.706. The van der Waals surface area contributed by atoms with Crippen molar-refractivity contribution in [2.24, 2.45) is 0 Å². The molecular formula is C12H11NO4S. The van der Waals surface area contributed by atoms with Crippen LogP contribution in [0.25, 0.3) is 0 Å². The fourth-order valence-electron chi connectivity index (χ4n) is 1.53. The molecule has 0 aromatic heterocycles. The molecular weight excluding hydrogens is 254 g/mol. The van der Waals surface area contributed by atoms with Crippen LogP contribution in [0.5, 0.6) is 0 Å². The molecule has 1 aliphatic heterocycles. The molecule has 1 aliphatic rings. The van der Waals surface area contributed by atoms with E-state index in [1.165, 1.54) is 13.0 Å². The topological polar surface area (TPSA) is 72.5 Å². The standard InChI is InChI=1S/C12H11NO4S/c1-9-7-8-17-18(15,16)11(9)12(14)13-10-5-3-2-4-6-10/h2-8H,1H3,(H,13,14). The van der Waals surface area contributed by atoms with Crippen LogP contribution in [0.4, 0.5) is 5.69 Å². The first-order chi connectivity index (χ1) is 8.50. The summed E-state index contributed by atoms with van der Waals surface area (Å²) in [7, 11) is -4.01. The van der Waals surface area contributed by atoms with Crippen molar-refractivity contribution in [3.63, 3.8) is 0 Å². The predicted octanol–water partition coefficient (Wildman–Crippen LogP) is 1.77. The minimum Gasteiger partial charge on any atom is -0.387 e. The van der Waals surface area contributed by atoms with E-state index in [-0.39, 0.29) is 4.91 Å². The van der Waals surface area contributed by atoms with Gasteiger partial charge in [-0.05, 0) is 30.7 Å². The first kappa shape index (κ1) is 12.4. The van der Waals surface area contributed by atoms with Crippen LogP contribution < -0.4 is 5.32 Å². The van der Waals surface area contributed by atoms with E-state index in [4.69, 9.17) is 0 Å². The molecule has 1 aromatic rings. The molecule has 0 radical (unpaired) electrons. The Kier molecular flexibility index (Phi) is 3.20. The van der Waals surface area contributed by atoms with E-state index in [2.05, 4.69) is 9.50 Å². The largest absolute Gasteiger partial charge is 0.387 e. The number of nitrogens with one attached hydrogen (secondary N) is 1. The Labute approximate surface area is 105 Å². The Balaban J connectivity index is 2.32. The first-order valence-electron chi connectivity index (χ1n) is 5.18. The second kappa shape index (κ2) is 4.66. The maximum atomic E-state index is 11.9. The fourth-order valence-corrected chi connectivity index (χ4v) is 2.56. The molecule has 1 aromatic carbocycles. The van der Waals surface area contributed by atoms with Crippen molar-refractivity contribution in [3.05, 3.63) is 53.1 Å². The number of rotatable bonds is 2. The van der Waals surface area contributed by atoms with E-state index in [9.17, 15) is 13.2 Å². The molecule has 0 spiro atoms. The molecule has 0 aliphatic carbocycles. The van der Waals surface area contributed by atoms with Crippen LogP contribution in [0.3, 0.4) is 0 Å². The number of allylic oxidation sites excluding steroid dienone is 2. The van der Waals surface area contributed by atoms with Crippen molar-refractivity contribution in [2.75, 3.05) is 5.32 Å². The SMILES string of the molecule is CC1=C(C(=O)Nc2ccccc2)S(=O)(=O)OC=C1. The Morgan fingerprint density at radius 1 is 1.22 bits per heavy atom. The van der Waals surface area contributed by atoms with Crippen molar-refractivity contribution in [2.45, 2.75) is 6.92 Å². The molecule has 6 heteroatoms. The molecule has 5 nitrogen and oxygen atoms in total. The van der Waals surface area contributed by atoms with Gasteiger partial charge in [0.1, 0.15) is 6.26 Å². The number of hydrogen-bond donors (Lipinski definition) is 1. The molecule has 94 valence electrons. The summed E-state index contributed by atoms with van der Waals surface area (Å²) >= 11 is 0. The Morgan fingerprint density at radius 3 is 2.50 bits per heavy atom. The van der Waals surface area contributed by atoms with Crippen LogP contribution in [0.15, 0.2) is 53.1 Å². The molecule has 0 unspecified atom stereocenters. The third kappa shape index (κ3) is 2.43. The highest BCUT2D eigenvalue weighted by Crippen LogP contribution is 2.22. The number of anilines is 1. The van der Waals surface area contributed by atoms with Gasteiger partial charge in [0.2, 0.25) is 0 Å². The van der Waals surface area contributed by atoms with Gasteiger partial charge in [-0.2, -0.15) is 8.42 Å². The van der Waals surface area contributed by atoms with E-state index in [1.54, 1.807) is 30.3 Å². The average Bonchev–Trinajstić information content (AvgIpc) is 2.28. The van der Waals surface area contributed by atoms with Crippen LogP contribution in [0, 0.1) is 0 Å². The van der Waals surface area contributed by atoms with Crippen LogP contribution in [0.1, 0.15) is 6.92 Å². The molecule has 1 heterocycles. The molecule has 2 rings (SSSR count). The van der Waals surface area contributed by atoms with E-state index in [1.807, 2.05) is 0 Å². The second-order valence-corrected chi connectivity index (χ2v) is 5.19. The Hall–Kier alpha value is -2.08. The number of benzene rings is 1. The summed E-state index contributed by atoms with van der Waals surface area (Å²) in [6, 6.07) is 8.61. The van der Waals surface area contributed by atoms with Crippen LogP contribution in [-0.2, 0) is 19.1 Å². The molecule has 0 atom stereocenters. The number of carbonyl (C=O) groups excluding carboxylic acids is 1. The van der Waals surface area contributed by atoms with Gasteiger partial charge in [0.15, 0.2) is 4.91 Å². The van der Waals surface area contributed by atoms with Gasteiger partial charge < -0.3 is 9.50 Å². The average molecular weight is 265 g/mol. The van der Waals surface area contributed by atoms with Gasteiger partial charge >= 0.3 is 10.1 Å². The lowest BCUT2D eigenvalue weighted by Crippen LogP contribution is -2.24. The first-order valence-corrected chi connectivity index (χ1v) is 6.58. The van der Waals surface area contributed by atoms with Gasteiger partial charge in [-0.25, -0.2) is 0 Å². The zero-order valence-electron chi connectivity index (χ0n) is 9.58. The lowest BCUT2D eigenvalue weighted by molar-refractivity contribution is -0.112. The maximum Gasteiger partial charge on any atom is 0.344 e. The van der Waals surface area contributed by atoms with Crippen LogP contribution in [0.2, 0.25) is 0 Å². The summed E-state index contributed by atoms with van der Waals surface area (Å²) in [4.78, 5) is 11.6. The van der Waals surface area contributed by atoms with Crippen molar-refractivity contribution < 1.29 is 17.4 Å². The van der Waals surface area contributed by atoms with Crippen molar-refractivity contribution >= 4 is 21.7 Å². The van der Waals surface area contributed by atoms with Gasteiger partial charge in [0.05, 0.1) is 0 Å². The third-order valence-electron chi connectivity index (χ3n) is 2.35. The van der Waals surface area contributed by atoms with Crippen LogP contribution in [-0.4, -0.2) is 14.3 Å². The molecule has 1 N–H and O–H groups in total. The van der Waals surface area contributed by atoms with Gasteiger partial charge in [0.25, 0.3) is 5.91 Å². The minimum absolute atomic E-state index is 0.342. The molecule has 1 amide bonds. The van der Waals surface area contributed by atoms with Crippen molar-refractivity contribution in [1.29, 1.82) is 0 Å². The van der Waals surface area contributed by atoms with E-state index < -0.39 is 16.0 Å². The van der Waals surface area contributed by atoms with E-state index in [0.717, 1.165) is 6.26 Å². The lowest BCUT2D eigenvalue weighted by Gasteiger charge is -2.13. The van der Waals surface area contributed by atoms with Crippen molar-refractivity contribution in [3.8, 4) is 0 Å². The highest BCUT2D eigenvalue weighted by atomic mass is 32.2.